The van der Waals surface area contributed by atoms with Crippen molar-refractivity contribution in [3.05, 3.63) is 51.3 Å². The van der Waals surface area contributed by atoms with Gasteiger partial charge in [-0.15, -0.1) is 0 Å². The van der Waals surface area contributed by atoms with E-state index in [1.54, 1.807) is 37.1 Å². The second-order valence-corrected chi connectivity index (χ2v) is 5.42. The molecule has 6 heteroatoms. The number of amides is 1. The first-order valence-electron chi connectivity index (χ1n) is 6.05. The molecule has 1 heterocycles. The Hall–Kier alpha value is -1.52. The smallest absolute Gasteiger partial charge is 0.276 e. The molecule has 1 unspecified atom stereocenters. The van der Waals surface area contributed by atoms with Gasteiger partial charge in [0, 0.05) is 23.2 Å². The number of hydrogen-bond donors (Lipinski definition) is 0. The standard InChI is InChI=1S/C14H14Cl2N2O2/c1-8-6-13(17-20-8)14(19)18(3)9(2)11-5-4-10(15)7-12(11)16/h4-7,9H,1-3H3. The highest BCUT2D eigenvalue weighted by Crippen LogP contribution is 2.29. The van der Waals surface area contributed by atoms with Crippen LogP contribution in [-0.2, 0) is 0 Å². The van der Waals surface area contributed by atoms with Crippen molar-refractivity contribution < 1.29 is 9.32 Å². The molecule has 1 aromatic heterocycles. The van der Waals surface area contributed by atoms with E-state index in [9.17, 15) is 4.79 Å². The van der Waals surface area contributed by atoms with Crippen molar-refractivity contribution in [1.29, 1.82) is 0 Å². The SMILES string of the molecule is Cc1cc(C(=O)N(C)C(C)c2ccc(Cl)cc2Cl)no1. The Morgan fingerprint density at radius 1 is 1.35 bits per heavy atom. The molecule has 106 valence electrons. The van der Waals surface area contributed by atoms with E-state index >= 15 is 0 Å². The fraction of sp³-hybridized carbons (Fsp3) is 0.286. The minimum atomic E-state index is -0.222. The van der Waals surface area contributed by atoms with Gasteiger partial charge in [0.25, 0.3) is 5.91 Å². The van der Waals surface area contributed by atoms with E-state index < -0.39 is 0 Å². The lowest BCUT2D eigenvalue weighted by Gasteiger charge is -2.25. The maximum atomic E-state index is 12.3. The van der Waals surface area contributed by atoms with Gasteiger partial charge in [-0.05, 0) is 31.5 Å². The van der Waals surface area contributed by atoms with Crippen LogP contribution in [0.4, 0.5) is 0 Å². The van der Waals surface area contributed by atoms with E-state index in [0.717, 1.165) is 5.56 Å². The summed E-state index contributed by atoms with van der Waals surface area (Å²) in [4.78, 5) is 13.8. The van der Waals surface area contributed by atoms with Crippen LogP contribution in [0, 0.1) is 6.92 Å². The molecule has 0 bridgehead atoms. The predicted molar refractivity (Wildman–Crippen MR) is 78.2 cm³/mol. The molecule has 0 fully saturated rings. The zero-order valence-electron chi connectivity index (χ0n) is 11.4. The molecular formula is C14H14Cl2N2O2. The molecule has 1 atom stereocenters. The highest BCUT2D eigenvalue weighted by molar-refractivity contribution is 6.35. The molecule has 0 aliphatic carbocycles. The van der Waals surface area contributed by atoms with Crippen LogP contribution >= 0.6 is 23.2 Å². The van der Waals surface area contributed by atoms with Crippen molar-refractivity contribution >= 4 is 29.1 Å². The van der Waals surface area contributed by atoms with Gasteiger partial charge in [-0.3, -0.25) is 4.79 Å². The third-order valence-electron chi connectivity index (χ3n) is 3.16. The Balaban J connectivity index is 2.24. The number of rotatable bonds is 3. The average Bonchev–Trinajstić information content (AvgIpc) is 2.83. The molecule has 0 saturated heterocycles. The van der Waals surface area contributed by atoms with E-state index in [2.05, 4.69) is 5.16 Å². The van der Waals surface area contributed by atoms with Gasteiger partial charge >= 0.3 is 0 Å². The summed E-state index contributed by atoms with van der Waals surface area (Å²) in [6, 6.07) is 6.62. The molecule has 1 amide bonds. The zero-order valence-corrected chi connectivity index (χ0v) is 12.9. The summed E-state index contributed by atoms with van der Waals surface area (Å²) in [5, 5.41) is 4.82. The van der Waals surface area contributed by atoms with Crippen molar-refractivity contribution in [2.75, 3.05) is 7.05 Å². The van der Waals surface area contributed by atoms with Crippen molar-refractivity contribution in [2.45, 2.75) is 19.9 Å². The third kappa shape index (κ3) is 2.97. The number of benzene rings is 1. The summed E-state index contributed by atoms with van der Waals surface area (Å²) >= 11 is 12.0. The predicted octanol–water partition coefficient (Wildman–Crippen LogP) is 4.12. The Morgan fingerprint density at radius 2 is 2.05 bits per heavy atom. The molecule has 2 rings (SSSR count). The van der Waals surface area contributed by atoms with Crippen molar-refractivity contribution in [3.8, 4) is 0 Å². The molecule has 0 aliphatic rings. The van der Waals surface area contributed by atoms with Crippen LogP contribution in [0.1, 0.15) is 34.8 Å². The molecule has 1 aromatic carbocycles. The van der Waals surface area contributed by atoms with Crippen molar-refractivity contribution in [3.63, 3.8) is 0 Å². The molecule has 0 spiro atoms. The number of aromatic nitrogens is 1. The molecule has 20 heavy (non-hydrogen) atoms. The van der Waals surface area contributed by atoms with Gasteiger partial charge in [-0.1, -0.05) is 34.4 Å². The lowest BCUT2D eigenvalue weighted by Crippen LogP contribution is -2.30. The van der Waals surface area contributed by atoms with Crippen LogP contribution in [0.2, 0.25) is 10.0 Å². The summed E-state index contributed by atoms with van der Waals surface area (Å²) in [7, 11) is 1.70. The maximum absolute atomic E-state index is 12.3. The van der Waals surface area contributed by atoms with Crippen LogP contribution in [0.15, 0.2) is 28.8 Å². The van der Waals surface area contributed by atoms with E-state index in [-0.39, 0.29) is 17.6 Å². The van der Waals surface area contributed by atoms with Crippen LogP contribution in [0.5, 0.6) is 0 Å². The number of carbonyl (C=O) groups excluding carboxylic acids is 1. The second-order valence-electron chi connectivity index (χ2n) is 4.58. The van der Waals surface area contributed by atoms with Gasteiger partial charge in [0.1, 0.15) is 5.76 Å². The van der Waals surface area contributed by atoms with Gasteiger partial charge in [0.2, 0.25) is 0 Å². The first-order chi connectivity index (χ1) is 9.40. The van der Waals surface area contributed by atoms with E-state index in [0.29, 0.717) is 15.8 Å². The van der Waals surface area contributed by atoms with E-state index in [4.69, 9.17) is 27.7 Å². The summed E-state index contributed by atoms with van der Waals surface area (Å²) in [6.07, 6.45) is 0. The lowest BCUT2D eigenvalue weighted by atomic mass is 10.1. The summed E-state index contributed by atoms with van der Waals surface area (Å²) in [6.45, 7) is 3.63. The molecule has 2 aromatic rings. The molecule has 0 radical (unpaired) electrons. The van der Waals surface area contributed by atoms with Gasteiger partial charge in [-0.25, -0.2) is 0 Å². The number of halogens is 2. The fourth-order valence-corrected chi connectivity index (χ4v) is 2.44. The molecule has 0 saturated carbocycles. The largest absolute Gasteiger partial charge is 0.361 e. The Labute approximate surface area is 127 Å². The number of hydrogen-bond acceptors (Lipinski definition) is 3. The molecular weight excluding hydrogens is 299 g/mol. The lowest BCUT2D eigenvalue weighted by molar-refractivity contribution is 0.0732. The van der Waals surface area contributed by atoms with Gasteiger partial charge in [0.15, 0.2) is 5.69 Å². The highest BCUT2D eigenvalue weighted by Gasteiger charge is 2.23. The summed E-state index contributed by atoms with van der Waals surface area (Å²) in [5.41, 5.74) is 1.11. The topological polar surface area (TPSA) is 46.3 Å². The first kappa shape index (κ1) is 14.9. The number of nitrogens with zero attached hydrogens (tertiary/aromatic N) is 2. The molecule has 0 N–H and O–H groups in total. The summed E-state index contributed by atoms with van der Waals surface area (Å²) in [5.74, 6) is 0.374. The zero-order chi connectivity index (χ0) is 14.9. The van der Waals surface area contributed by atoms with Gasteiger partial charge < -0.3 is 9.42 Å². The fourth-order valence-electron chi connectivity index (χ4n) is 1.87. The van der Waals surface area contributed by atoms with E-state index in [1.807, 2.05) is 13.0 Å². The molecule has 0 aliphatic heterocycles. The highest BCUT2D eigenvalue weighted by atomic mass is 35.5. The Bertz CT molecular complexity index is 640. The maximum Gasteiger partial charge on any atom is 0.276 e. The van der Waals surface area contributed by atoms with Gasteiger partial charge in [0.05, 0.1) is 6.04 Å². The monoisotopic (exact) mass is 312 g/mol. The van der Waals surface area contributed by atoms with Crippen LogP contribution in [0.3, 0.4) is 0 Å². The average molecular weight is 313 g/mol. The normalized spacial score (nSPS) is 12.2. The summed E-state index contributed by atoms with van der Waals surface area (Å²) < 4.78 is 4.92. The van der Waals surface area contributed by atoms with Crippen LogP contribution in [-0.4, -0.2) is 23.0 Å². The van der Waals surface area contributed by atoms with Crippen LogP contribution < -0.4 is 0 Å². The van der Waals surface area contributed by atoms with Crippen molar-refractivity contribution in [1.82, 2.24) is 10.1 Å². The van der Waals surface area contributed by atoms with Gasteiger partial charge in [-0.2, -0.15) is 0 Å². The minimum Gasteiger partial charge on any atom is -0.361 e. The van der Waals surface area contributed by atoms with E-state index in [1.165, 1.54) is 0 Å². The minimum absolute atomic E-state index is 0.204. The third-order valence-corrected chi connectivity index (χ3v) is 3.72. The second kappa shape index (κ2) is 5.85. The number of carbonyl (C=O) groups is 1. The van der Waals surface area contributed by atoms with Crippen molar-refractivity contribution in [2.24, 2.45) is 0 Å². The van der Waals surface area contributed by atoms with Crippen LogP contribution in [0.25, 0.3) is 0 Å². The first-order valence-corrected chi connectivity index (χ1v) is 6.81. The molecule has 4 nitrogen and oxygen atoms in total. The Kier molecular flexibility index (Phi) is 4.35. The Morgan fingerprint density at radius 3 is 2.60 bits per heavy atom. The number of aryl methyl sites for hydroxylation is 1. The quantitative estimate of drug-likeness (QED) is 0.856.